The summed E-state index contributed by atoms with van der Waals surface area (Å²) < 4.78 is 0. The highest BCUT2D eigenvalue weighted by atomic mass is 16.4. The van der Waals surface area contributed by atoms with Gasteiger partial charge < -0.3 is 15.6 Å². The van der Waals surface area contributed by atoms with Crippen molar-refractivity contribution in [3.8, 4) is 0 Å². The number of hydrogen-bond acceptors (Lipinski definition) is 6. The lowest BCUT2D eigenvalue weighted by atomic mass is 10.2. The maximum Gasteiger partial charge on any atom is 0.151 e. The van der Waals surface area contributed by atoms with Crippen molar-refractivity contribution in [1.29, 1.82) is 0 Å². The molecule has 0 aliphatic carbocycles. The van der Waals surface area contributed by atoms with E-state index < -0.39 is 0 Å². The van der Waals surface area contributed by atoms with Gasteiger partial charge in [-0.05, 0) is 13.8 Å². The first-order chi connectivity index (χ1) is 5.17. The minimum atomic E-state index is -0.0602. The van der Waals surface area contributed by atoms with Gasteiger partial charge in [-0.25, -0.2) is 0 Å². The van der Waals surface area contributed by atoms with E-state index in [9.17, 15) is 0 Å². The molecule has 62 valence electrons. The van der Waals surface area contributed by atoms with E-state index in [1.807, 2.05) is 0 Å². The molecule has 0 saturated carbocycles. The van der Waals surface area contributed by atoms with Crippen LogP contribution in [0.25, 0.3) is 0 Å². The summed E-state index contributed by atoms with van der Waals surface area (Å²) in [6.45, 7) is 2.81. The first-order valence-corrected chi connectivity index (χ1v) is 2.77. The van der Waals surface area contributed by atoms with Gasteiger partial charge >= 0.3 is 0 Å². The summed E-state index contributed by atoms with van der Waals surface area (Å²) in [5, 5.41) is 33.1. The molecule has 0 spiro atoms. The van der Waals surface area contributed by atoms with Gasteiger partial charge in [0, 0.05) is 0 Å². The van der Waals surface area contributed by atoms with Crippen LogP contribution < -0.4 is 0 Å². The van der Waals surface area contributed by atoms with Crippen molar-refractivity contribution in [3.63, 3.8) is 0 Å². The maximum absolute atomic E-state index is 8.33. The third-order valence-electron chi connectivity index (χ3n) is 1.09. The van der Waals surface area contributed by atoms with E-state index in [4.69, 9.17) is 15.6 Å². The fourth-order valence-corrected chi connectivity index (χ4v) is 0.501. The van der Waals surface area contributed by atoms with E-state index in [1.165, 1.54) is 13.8 Å². The fourth-order valence-electron chi connectivity index (χ4n) is 0.501. The van der Waals surface area contributed by atoms with Gasteiger partial charge in [-0.1, -0.05) is 15.5 Å². The number of nitrogens with zero attached hydrogens (tertiary/aromatic N) is 3. The zero-order chi connectivity index (χ0) is 8.85. The molecule has 6 nitrogen and oxygen atoms in total. The molecule has 0 aromatic carbocycles. The van der Waals surface area contributed by atoms with Crippen molar-refractivity contribution < 1.29 is 15.6 Å². The Kier molecular flexibility index (Phi) is 3.65. The Morgan fingerprint density at radius 1 is 0.818 bits per heavy atom. The highest BCUT2D eigenvalue weighted by molar-refractivity contribution is 6.67. The highest BCUT2D eigenvalue weighted by Crippen LogP contribution is 1.87. The molecule has 0 rings (SSSR count). The van der Waals surface area contributed by atoms with Crippen LogP contribution in [0, 0.1) is 0 Å². The summed E-state index contributed by atoms with van der Waals surface area (Å²) >= 11 is 0. The monoisotopic (exact) mass is 159 g/mol. The molecule has 0 radical (unpaired) electrons. The molecule has 0 aliphatic heterocycles. The van der Waals surface area contributed by atoms with Crippen LogP contribution in [0.2, 0.25) is 0 Å². The van der Waals surface area contributed by atoms with Crippen molar-refractivity contribution in [2.45, 2.75) is 13.8 Å². The molecule has 0 heterocycles. The maximum atomic E-state index is 8.33. The molecule has 6 heteroatoms. The van der Waals surface area contributed by atoms with Crippen LogP contribution in [0.1, 0.15) is 13.8 Å². The summed E-state index contributed by atoms with van der Waals surface area (Å²) in [4.78, 5) is 0. The Morgan fingerprint density at radius 2 is 1.18 bits per heavy atom. The molecular weight excluding hydrogens is 150 g/mol. The molecule has 0 saturated heterocycles. The summed E-state index contributed by atoms with van der Waals surface area (Å²) in [7, 11) is 0. The van der Waals surface area contributed by atoms with E-state index in [0.29, 0.717) is 0 Å². The Balaban J connectivity index is 4.72. The number of oxime groups is 3. The summed E-state index contributed by atoms with van der Waals surface area (Å²) in [5.41, 5.74) is 0.0839. The lowest BCUT2D eigenvalue weighted by Crippen LogP contribution is -2.19. The van der Waals surface area contributed by atoms with Crippen LogP contribution in [0.3, 0.4) is 0 Å². The molecule has 0 fully saturated rings. The third kappa shape index (κ3) is 2.24. The molecule has 0 atom stereocenters. The van der Waals surface area contributed by atoms with Gasteiger partial charge in [0.2, 0.25) is 0 Å². The molecule has 0 aromatic heterocycles. The van der Waals surface area contributed by atoms with Crippen LogP contribution in [0.5, 0.6) is 0 Å². The second kappa shape index (κ2) is 4.26. The first-order valence-electron chi connectivity index (χ1n) is 2.77. The summed E-state index contributed by atoms with van der Waals surface area (Å²) in [6.07, 6.45) is 0. The molecule has 3 N–H and O–H groups in total. The summed E-state index contributed by atoms with van der Waals surface area (Å²) in [5.74, 6) is 0. The molecule has 0 aliphatic rings. The van der Waals surface area contributed by atoms with Crippen molar-refractivity contribution in [1.82, 2.24) is 0 Å². The van der Waals surface area contributed by atoms with Gasteiger partial charge in [0.1, 0.15) is 11.4 Å². The standard InChI is InChI=1S/C5H9N3O3/c1-3(6-9)5(8-11)4(2)7-10/h9-11H,1-2H3. The van der Waals surface area contributed by atoms with Gasteiger partial charge in [0.25, 0.3) is 0 Å². The third-order valence-corrected chi connectivity index (χ3v) is 1.09. The molecular formula is C5H9N3O3. The average molecular weight is 159 g/mol. The summed E-state index contributed by atoms with van der Waals surface area (Å²) in [6, 6.07) is 0. The Hall–Kier alpha value is -1.59. The largest absolute Gasteiger partial charge is 0.411 e. The molecule has 0 aromatic rings. The van der Waals surface area contributed by atoms with Gasteiger partial charge in [-0.2, -0.15) is 0 Å². The van der Waals surface area contributed by atoms with E-state index in [1.54, 1.807) is 0 Å². The minimum Gasteiger partial charge on any atom is -0.411 e. The van der Waals surface area contributed by atoms with Crippen LogP contribution in [-0.2, 0) is 0 Å². The van der Waals surface area contributed by atoms with Crippen LogP contribution in [0.15, 0.2) is 15.5 Å². The number of hydrogen-bond donors (Lipinski definition) is 3. The van der Waals surface area contributed by atoms with E-state index in [0.717, 1.165) is 0 Å². The fraction of sp³-hybridized carbons (Fsp3) is 0.400. The first kappa shape index (κ1) is 9.41. The van der Waals surface area contributed by atoms with Gasteiger partial charge in [-0.15, -0.1) is 0 Å². The lowest BCUT2D eigenvalue weighted by Gasteiger charge is -1.97. The topological polar surface area (TPSA) is 97.8 Å². The van der Waals surface area contributed by atoms with Crippen LogP contribution in [-0.4, -0.2) is 32.8 Å². The van der Waals surface area contributed by atoms with Gasteiger partial charge in [0.05, 0.1) is 0 Å². The molecule has 11 heavy (non-hydrogen) atoms. The van der Waals surface area contributed by atoms with E-state index >= 15 is 0 Å². The Morgan fingerprint density at radius 3 is 1.36 bits per heavy atom. The van der Waals surface area contributed by atoms with E-state index in [2.05, 4.69) is 15.5 Å². The zero-order valence-electron chi connectivity index (χ0n) is 6.18. The SMILES string of the molecule is CC(=NO)C(=NO)C(C)=NO. The molecule has 0 bridgehead atoms. The second-order valence-corrected chi connectivity index (χ2v) is 1.82. The zero-order valence-corrected chi connectivity index (χ0v) is 6.18. The quantitative estimate of drug-likeness (QED) is 0.311. The normalized spacial score (nSPS) is 12.9. The second-order valence-electron chi connectivity index (χ2n) is 1.82. The van der Waals surface area contributed by atoms with Crippen molar-refractivity contribution in [2.24, 2.45) is 15.5 Å². The predicted octanol–water partition coefficient (Wildman–Crippen LogP) is 0.517. The average Bonchev–Trinajstić information content (AvgIpc) is 2.05. The molecule has 0 amide bonds. The van der Waals surface area contributed by atoms with Crippen LogP contribution in [0.4, 0.5) is 0 Å². The number of rotatable bonds is 2. The van der Waals surface area contributed by atoms with Crippen molar-refractivity contribution in [2.75, 3.05) is 0 Å². The minimum absolute atomic E-state index is 0.0602. The van der Waals surface area contributed by atoms with Crippen molar-refractivity contribution in [3.05, 3.63) is 0 Å². The van der Waals surface area contributed by atoms with Gasteiger partial charge in [0.15, 0.2) is 5.71 Å². The molecule has 0 unspecified atom stereocenters. The Labute approximate surface area is 63.1 Å². The van der Waals surface area contributed by atoms with Crippen LogP contribution >= 0.6 is 0 Å². The predicted molar refractivity (Wildman–Crippen MR) is 39.0 cm³/mol. The lowest BCUT2D eigenvalue weighted by molar-refractivity contribution is 0.311. The van der Waals surface area contributed by atoms with E-state index in [-0.39, 0.29) is 17.1 Å². The highest BCUT2D eigenvalue weighted by Gasteiger charge is 2.09. The van der Waals surface area contributed by atoms with Gasteiger partial charge in [-0.3, -0.25) is 0 Å². The Bertz CT molecular complexity index is 199. The van der Waals surface area contributed by atoms with Crippen molar-refractivity contribution >= 4 is 17.1 Å². The smallest absolute Gasteiger partial charge is 0.151 e.